The quantitative estimate of drug-likeness (QED) is 0.529. The van der Waals surface area contributed by atoms with Crippen LogP contribution in [0.15, 0.2) is 69.7 Å². The summed E-state index contributed by atoms with van der Waals surface area (Å²) in [6, 6.07) is 19.0. The zero-order valence-electron chi connectivity index (χ0n) is 14.9. The van der Waals surface area contributed by atoms with E-state index in [1.54, 1.807) is 0 Å². The maximum Gasteiger partial charge on any atom is 0.257 e. The topological polar surface area (TPSA) is 107 Å². The fraction of sp³-hybridized carbons (Fsp3) is 0.150. The van der Waals surface area contributed by atoms with E-state index in [2.05, 4.69) is 25.6 Å². The minimum atomic E-state index is -0.162. The molecule has 2 aromatic carbocycles. The zero-order chi connectivity index (χ0) is 19.2. The van der Waals surface area contributed by atoms with E-state index in [1.165, 1.54) is 0 Å². The summed E-state index contributed by atoms with van der Waals surface area (Å²) in [5, 5.41) is 10.6. The molecule has 0 saturated heterocycles. The zero-order valence-corrected chi connectivity index (χ0v) is 14.9. The highest BCUT2D eigenvalue weighted by atomic mass is 16.5. The molecular weight excluding hydrogens is 358 g/mol. The van der Waals surface area contributed by atoms with Crippen LogP contribution in [0.3, 0.4) is 0 Å². The first kappa shape index (κ1) is 17.6. The van der Waals surface area contributed by atoms with Crippen molar-refractivity contribution in [2.75, 3.05) is 0 Å². The molecule has 0 spiro atoms. The minimum absolute atomic E-state index is 0.162. The molecule has 8 nitrogen and oxygen atoms in total. The van der Waals surface area contributed by atoms with Crippen LogP contribution in [0.1, 0.15) is 18.1 Å². The molecular formula is C20H17N5O3. The van der Waals surface area contributed by atoms with Crippen LogP contribution >= 0.6 is 0 Å². The standard InChI is InChI=1S/C20H17N5O3/c26-17(11-12-18-23-19(25-27-18)14-7-3-1-4-8-14)21-13-16-22-20(28-24-16)15-9-5-2-6-10-15/h1-10H,11-13H2,(H,21,26). The van der Waals surface area contributed by atoms with Crippen LogP contribution < -0.4 is 5.32 Å². The van der Waals surface area contributed by atoms with Crippen molar-refractivity contribution in [1.29, 1.82) is 0 Å². The molecule has 140 valence electrons. The number of rotatable bonds is 7. The molecule has 2 aromatic heterocycles. The van der Waals surface area contributed by atoms with Gasteiger partial charge in [-0.3, -0.25) is 4.79 Å². The SMILES string of the molecule is O=C(CCc1nc(-c2ccccc2)no1)NCc1noc(-c2ccccc2)n1. The summed E-state index contributed by atoms with van der Waals surface area (Å²) in [6.45, 7) is 0.189. The summed E-state index contributed by atoms with van der Waals surface area (Å²) in [7, 11) is 0. The molecule has 0 aliphatic rings. The van der Waals surface area contributed by atoms with E-state index >= 15 is 0 Å². The number of carbonyl (C=O) groups is 1. The number of nitrogens with one attached hydrogen (secondary N) is 1. The highest BCUT2D eigenvalue weighted by molar-refractivity contribution is 5.75. The van der Waals surface area contributed by atoms with Gasteiger partial charge in [0.15, 0.2) is 5.82 Å². The Hall–Kier alpha value is -3.81. The van der Waals surface area contributed by atoms with Crippen molar-refractivity contribution < 1.29 is 13.8 Å². The Labute approximate surface area is 160 Å². The number of amides is 1. The summed E-state index contributed by atoms with van der Waals surface area (Å²) in [5.74, 6) is 1.60. The molecule has 0 fully saturated rings. The Morgan fingerprint density at radius 2 is 1.57 bits per heavy atom. The van der Waals surface area contributed by atoms with Gasteiger partial charge in [0.1, 0.15) is 0 Å². The van der Waals surface area contributed by atoms with Crippen LogP contribution in [0.2, 0.25) is 0 Å². The third kappa shape index (κ3) is 4.29. The van der Waals surface area contributed by atoms with Gasteiger partial charge in [-0.1, -0.05) is 58.8 Å². The molecule has 0 radical (unpaired) electrons. The van der Waals surface area contributed by atoms with Crippen molar-refractivity contribution >= 4 is 5.91 Å². The largest absolute Gasteiger partial charge is 0.349 e. The van der Waals surface area contributed by atoms with Gasteiger partial charge in [0, 0.05) is 24.0 Å². The number of hydrogen-bond donors (Lipinski definition) is 1. The fourth-order valence-electron chi connectivity index (χ4n) is 2.57. The van der Waals surface area contributed by atoms with E-state index in [-0.39, 0.29) is 18.9 Å². The van der Waals surface area contributed by atoms with Crippen LogP contribution in [0.25, 0.3) is 22.8 Å². The van der Waals surface area contributed by atoms with E-state index < -0.39 is 0 Å². The fourth-order valence-corrected chi connectivity index (χ4v) is 2.57. The molecule has 4 aromatic rings. The third-order valence-corrected chi connectivity index (χ3v) is 4.00. The van der Waals surface area contributed by atoms with Crippen molar-refractivity contribution in [3.63, 3.8) is 0 Å². The Morgan fingerprint density at radius 1 is 0.857 bits per heavy atom. The first-order valence-electron chi connectivity index (χ1n) is 8.80. The summed E-state index contributed by atoms with van der Waals surface area (Å²) in [5.41, 5.74) is 1.70. The number of aryl methyl sites for hydroxylation is 1. The lowest BCUT2D eigenvalue weighted by Gasteiger charge is -2.00. The van der Waals surface area contributed by atoms with Crippen LogP contribution in [-0.4, -0.2) is 26.2 Å². The Kier molecular flexibility index (Phi) is 5.19. The van der Waals surface area contributed by atoms with Crippen molar-refractivity contribution in [3.8, 4) is 22.8 Å². The molecule has 0 saturated carbocycles. The van der Waals surface area contributed by atoms with Crippen molar-refractivity contribution in [2.45, 2.75) is 19.4 Å². The molecule has 1 N–H and O–H groups in total. The van der Waals surface area contributed by atoms with Crippen LogP contribution in [0.4, 0.5) is 0 Å². The maximum absolute atomic E-state index is 12.1. The van der Waals surface area contributed by atoms with E-state index in [9.17, 15) is 4.79 Å². The van der Waals surface area contributed by atoms with E-state index in [4.69, 9.17) is 9.05 Å². The van der Waals surface area contributed by atoms with E-state index in [1.807, 2.05) is 60.7 Å². The van der Waals surface area contributed by atoms with E-state index in [0.717, 1.165) is 11.1 Å². The van der Waals surface area contributed by atoms with Gasteiger partial charge >= 0.3 is 0 Å². The van der Waals surface area contributed by atoms with Gasteiger partial charge in [-0.05, 0) is 12.1 Å². The monoisotopic (exact) mass is 375 g/mol. The van der Waals surface area contributed by atoms with Gasteiger partial charge in [-0.15, -0.1) is 0 Å². The number of nitrogens with zero attached hydrogens (tertiary/aromatic N) is 4. The Bertz CT molecular complexity index is 960. The Balaban J connectivity index is 1.26. The lowest BCUT2D eigenvalue weighted by Crippen LogP contribution is -2.23. The van der Waals surface area contributed by atoms with Crippen LogP contribution in [0.5, 0.6) is 0 Å². The minimum Gasteiger partial charge on any atom is -0.349 e. The van der Waals surface area contributed by atoms with Crippen LogP contribution in [0, 0.1) is 0 Å². The molecule has 1 amide bonds. The van der Waals surface area contributed by atoms with Crippen molar-refractivity contribution in [1.82, 2.24) is 25.6 Å². The van der Waals surface area contributed by atoms with Gasteiger partial charge < -0.3 is 14.4 Å². The number of benzene rings is 2. The molecule has 0 unspecified atom stereocenters. The van der Waals surface area contributed by atoms with Gasteiger partial charge in [-0.2, -0.15) is 9.97 Å². The van der Waals surface area contributed by atoms with Crippen molar-refractivity contribution in [3.05, 3.63) is 72.4 Å². The van der Waals surface area contributed by atoms with E-state index in [0.29, 0.717) is 29.9 Å². The molecule has 8 heteroatoms. The highest BCUT2D eigenvalue weighted by Gasteiger charge is 2.12. The third-order valence-electron chi connectivity index (χ3n) is 4.00. The van der Waals surface area contributed by atoms with Gasteiger partial charge in [-0.25, -0.2) is 0 Å². The lowest BCUT2D eigenvalue weighted by molar-refractivity contribution is -0.121. The van der Waals surface area contributed by atoms with Crippen LogP contribution in [-0.2, 0) is 17.8 Å². The normalized spacial score (nSPS) is 10.7. The predicted molar refractivity (Wildman–Crippen MR) is 99.6 cm³/mol. The second kappa shape index (κ2) is 8.26. The molecule has 0 atom stereocenters. The summed E-state index contributed by atoms with van der Waals surface area (Å²) < 4.78 is 10.4. The Morgan fingerprint density at radius 3 is 2.32 bits per heavy atom. The second-order valence-electron chi connectivity index (χ2n) is 6.04. The molecule has 2 heterocycles. The second-order valence-corrected chi connectivity index (χ2v) is 6.04. The summed E-state index contributed by atoms with van der Waals surface area (Å²) >= 11 is 0. The average molecular weight is 375 g/mol. The molecule has 0 bridgehead atoms. The molecule has 0 aliphatic carbocycles. The molecule has 28 heavy (non-hydrogen) atoms. The lowest BCUT2D eigenvalue weighted by atomic mass is 10.2. The summed E-state index contributed by atoms with van der Waals surface area (Å²) in [4.78, 5) is 20.6. The van der Waals surface area contributed by atoms with Gasteiger partial charge in [0.05, 0.1) is 6.54 Å². The maximum atomic E-state index is 12.1. The molecule has 4 rings (SSSR count). The molecule has 0 aliphatic heterocycles. The number of carbonyl (C=O) groups excluding carboxylic acids is 1. The number of hydrogen-bond acceptors (Lipinski definition) is 7. The predicted octanol–water partition coefficient (Wildman–Crippen LogP) is 3.04. The average Bonchev–Trinajstić information content (AvgIpc) is 3.42. The van der Waals surface area contributed by atoms with Gasteiger partial charge in [0.25, 0.3) is 5.89 Å². The smallest absolute Gasteiger partial charge is 0.257 e. The first-order chi connectivity index (χ1) is 13.8. The van der Waals surface area contributed by atoms with Gasteiger partial charge in [0.2, 0.25) is 17.6 Å². The highest BCUT2D eigenvalue weighted by Crippen LogP contribution is 2.16. The number of aromatic nitrogens is 4. The first-order valence-corrected chi connectivity index (χ1v) is 8.80. The summed E-state index contributed by atoms with van der Waals surface area (Å²) in [6.07, 6.45) is 0.576. The van der Waals surface area contributed by atoms with Crippen molar-refractivity contribution in [2.24, 2.45) is 0 Å².